The zero-order chi connectivity index (χ0) is 22.6. The molecule has 5 rings (SSSR count). The Bertz CT molecular complexity index is 1400. The minimum Gasteiger partial charge on any atom is -0.508 e. The van der Waals surface area contributed by atoms with Crippen LogP contribution in [0.5, 0.6) is 11.5 Å². The molecule has 0 aliphatic carbocycles. The number of aromatic nitrogens is 1. The monoisotopic (exact) mass is 429 g/mol. The topological polar surface area (TPSA) is 53.4 Å². The van der Waals surface area contributed by atoms with Crippen molar-refractivity contribution in [3.05, 3.63) is 126 Å². The summed E-state index contributed by atoms with van der Waals surface area (Å²) in [6, 6.07) is 36.8. The van der Waals surface area contributed by atoms with E-state index in [1.54, 1.807) is 12.1 Å². The average Bonchev–Trinajstić information content (AvgIpc) is 2.87. The van der Waals surface area contributed by atoms with Crippen molar-refractivity contribution >= 4 is 0 Å². The summed E-state index contributed by atoms with van der Waals surface area (Å²) in [5, 5.41) is 21.3. The van der Waals surface area contributed by atoms with E-state index in [1.807, 2.05) is 103 Å². The average molecular weight is 430 g/mol. The second-order valence-electron chi connectivity index (χ2n) is 7.94. The third kappa shape index (κ3) is 4.21. The van der Waals surface area contributed by atoms with Crippen molar-refractivity contribution in [2.75, 3.05) is 0 Å². The molecule has 0 fully saturated rings. The number of benzene rings is 4. The first kappa shape index (κ1) is 20.5. The zero-order valence-electron chi connectivity index (χ0n) is 18.0. The van der Waals surface area contributed by atoms with Crippen molar-refractivity contribution in [3.63, 3.8) is 0 Å². The summed E-state index contributed by atoms with van der Waals surface area (Å²) >= 11 is 0. The molecule has 33 heavy (non-hydrogen) atoms. The molecule has 0 aliphatic heterocycles. The van der Waals surface area contributed by atoms with E-state index >= 15 is 0 Å². The standard InChI is InChI=1S/C30H23NO2/c32-28-17-9-7-15-23(28)19-26-25(24-16-8-10-18-29(24)33)20-27(21-11-3-1-4-12-21)31-30(26)22-13-5-2-6-14-22/h1-18,20,32-33H,19H2. The van der Waals surface area contributed by atoms with Crippen LogP contribution in [0.2, 0.25) is 0 Å². The Morgan fingerprint density at radius 3 is 1.79 bits per heavy atom. The van der Waals surface area contributed by atoms with E-state index in [-0.39, 0.29) is 11.5 Å². The summed E-state index contributed by atoms with van der Waals surface area (Å²) in [5.74, 6) is 0.451. The van der Waals surface area contributed by atoms with Crippen LogP contribution in [-0.4, -0.2) is 15.2 Å². The number of hydrogen-bond donors (Lipinski definition) is 2. The molecular formula is C30H23NO2. The van der Waals surface area contributed by atoms with Crippen LogP contribution in [0.4, 0.5) is 0 Å². The van der Waals surface area contributed by atoms with Crippen LogP contribution in [0.15, 0.2) is 115 Å². The van der Waals surface area contributed by atoms with Gasteiger partial charge >= 0.3 is 0 Å². The fraction of sp³-hybridized carbons (Fsp3) is 0.0333. The summed E-state index contributed by atoms with van der Waals surface area (Å²) < 4.78 is 0. The molecule has 4 aromatic carbocycles. The lowest BCUT2D eigenvalue weighted by Crippen LogP contribution is -2.01. The predicted molar refractivity (Wildman–Crippen MR) is 133 cm³/mol. The van der Waals surface area contributed by atoms with Crippen molar-refractivity contribution in [2.24, 2.45) is 0 Å². The molecule has 0 saturated carbocycles. The van der Waals surface area contributed by atoms with Gasteiger partial charge in [-0.3, -0.25) is 0 Å². The second-order valence-corrected chi connectivity index (χ2v) is 7.94. The molecule has 5 aromatic rings. The van der Waals surface area contributed by atoms with Crippen LogP contribution in [0.1, 0.15) is 11.1 Å². The number of phenolic OH excluding ortho intramolecular Hbond substituents is 2. The summed E-state index contributed by atoms with van der Waals surface area (Å²) in [4.78, 5) is 5.09. The zero-order valence-corrected chi connectivity index (χ0v) is 18.0. The van der Waals surface area contributed by atoms with Crippen LogP contribution in [0.3, 0.4) is 0 Å². The molecule has 160 valence electrons. The Labute approximate surface area is 193 Å². The highest BCUT2D eigenvalue weighted by atomic mass is 16.3. The molecule has 3 heteroatoms. The number of aromatic hydroxyl groups is 2. The second kappa shape index (κ2) is 9.01. The largest absolute Gasteiger partial charge is 0.508 e. The van der Waals surface area contributed by atoms with Crippen molar-refractivity contribution in [3.8, 4) is 45.1 Å². The Morgan fingerprint density at radius 1 is 0.545 bits per heavy atom. The van der Waals surface area contributed by atoms with Gasteiger partial charge < -0.3 is 10.2 Å². The summed E-state index contributed by atoms with van der Waals surface area (Å²) in [6.45, 7) is 0. The van der Waals surface area contributed by atoms with Gasteiger partial charge in [-0.1, -0.05) is 97.1 Å². The molecule has 3 nitrogen and oxygen atoms in total. The number of nitrogens with zero attached hydrogens (tertiary/aromatic N) is 1. The van der Waals surface area contributed by atoms with Gasteiger partial charge in [-0.15, -0.1) is 0 Å². The van der Waals surface area contributed by atoms with E-state index in [1.165, 1.54) is 0 Å². The van der Waals surface area contributed by atoms with Gasteiger partial charge in [0.2, 0.25) is 0 Å². The molecule has 1 heterocycles. The van der Waals surface area contributed by atoms with Gasteiger partial charge in [0.15, 0.2) is 0 Å². The molecule has 0 amide bonds. The summed E-state index contributed by atoms with van der Waals surface area (Å²) in [7, 11) is 0. The maximum Gasteiger partial charge on any atom is 0.123 e. The number of hydrogen-bond acceptors (Lipinski definition) is 3. The van der Waals surface area contributed by atoms with Crippen LogP contribution in [0, 0.1) is 0 Å². The number of para-hydroxylation sites is 2. The van der Waals surface area contributed by atoms with Gasteiger partial charge in [0.05, 0.1) is 11.4 Å². The van der Waals surface area contributed by atoms with E-state index in [9.17, 15) is 10.2 Å². The lowest BCUT2D eigenvalue weighted by Gasteiger charge is -2.19. The first-order valence-electron chi connectivity index (χ1n) is 10.9. The molecule has 0 atom stereocenters. The van der Waals surface area contributed by atoms with E-state index in [4.69, 9.17) is 4.98 Å². The number of rotatable bonds is 5. The molecule has 0 spiro atoms. The molecule has 0 radical (unpaired) electrons. The van der Waals surface area contributed by atoms with E-state index in [2.05, 4.69) is 0 Å². The number of pyridine rings is 1. The first-order chi connectivity index (χ1) is 16.2. The maximum absolute atomic E-state index is 10.8. The third-order valence-corrected chi connectivity index (χ3v) is 5.79. The van der Waals surface area contributed by atoms with Crippen LogP contribution in [-0.2, 0) is 6.42 Å². The van der Waals surface area contributed by atoms with E-state index in [0.29, 0.717) is 6.42 Å². The highest BCUT2D eigenvalue weighted by Crippen LogP contribution is 2.40. The highest BCUT2D eigenvalue weighted by molar-refractivity contribution is 5.83. The molecular weight excluding hydrogens is 406 g/mol. The summed E-state index contributed by atoms with van der Waals surface area (Å²) in [5.41, 5.74) is 7.03. The lowest BCUT2D eigenvalue weighted by molar-refractivity contribution is 0.469. The van der Waals surface area contributed by atoms with Gasteiger partial charge in [-0.2, -0.15) is 0 Å². The summed E-state index contributed by atoms with van der Waals surface area (Å²) in [6.07, 6.45) is 0.475. The molecule has 1 aromatic heterocycles. The molecule has 0 bridgehead atoms. The van der Waals surface area contributed by atoms with E-state index < -0.39 is 0 Å². The van der Waals surface area contributed by atoms with E-state index in [0.717, 1.165) is 44.8 Å². The van der Waals surface area contributed by atoms with Gasteiger partial charge in [0.1, 0.15) is 11.5 Å². The third-order valence-electron chi connectivity index (χ3n) is 5.79. The van der Waals surface area contributed by atoms with Crippen molar-refractivity contribution in [2.45, 2.75) is 6.42 Å². The van der Waals surface area contributed by atoms with Crippen LogP contribution < -0.4 is 0 Å². The molecule has 2 N–H and O–H groups in total. The van der Waals surface area contributed by atoms with Crippen LogP contribution in [0.25, 0.3) is 33.6 Å². The predicted octanol–water partition coefficient (Wildman–Crippen LogP) is 7.08. The van der Waals surface area contributed by atoms with Gasteiger partial charge in [-0.25, -0.2) is 4.98 Å². The fourth-order valence-corrected chi connectivity index (χ4v) is 4.13. The fourth-order valence-electron chi connectivity index (χ4n) is 4.13. The highest BCUT2D eigenvalue weighted by Gasteiger charge is 2.19. The van der Waals surface area contributed by atoms with Crippen molar-refractivity contribution in [1.82, 2.24) is 4.98 Å². The normalized spacial score (nSPS) is 10.8. The molecule has 0 saturated heterocycles. The SMILES string of the molecule is Oc1ccccc1Cc1c(-c2ccccc2O)cc(-c2ccccc2)nc1-c1ccccc1. The Balaban J connectivity index is 1.83. The van der Waals surface area contributed by atoms with Gasteiger partial charge in [-0.05, 0) is 34.9 Å². The molecule has 0 unspecified atom stereocenters. The van der Waals surface area contributed by atoms with Crippen molar-refractivity contribution < 1.29 is 10.2 Å². The molecule has 0 aliphatic rings. The minimum atomic E-state index is 0.209. The maximum atomic E-state index is 10.8. The Hall–Kier alpha value is -4.37. The Morgan fingerprint density at radius 2 is 1.12 bits per heavy atom. The van der Waals surface area contributed by atoms with Gasteiger partial charge in [0, 0.05) is 23.1 Å². The number of phenols is 2. The van der Waals surface area contributed by atoms with Crippen LogP contribution >= 0.6 is 0 Å². The smallest absolute Gasteiger partial charge is 0.123 e. The first-order valence-corrected chi connectivity index (χ1v) is 10.9. The Kier molecular flexibility index (Phi) is 5.61. The minimum absolute atomic E-state index is 0.209. The lowest BCUT2D eigenvalue weighted by atomic mass is 9.89. The van der Waals surface area contributed by atoms with Gasteiger partial charge in [0.25, 0.3) is 0 Å². The quantitative estimate of drug-likeness (QED) is 0.314. The van der Waals surface area contributed by atoms with Crippen molar-refractivity contribution in [1.29, 1.82) is 0 Å².